The van der Waals surface area contributed by atoms with Crippen LogP contribution in [0, 0.1) is 10.5 Å². The van der Waals surface area contributed by atoms with Crippen molar-refractivity contribution in [2.75, 3.05) is 0 Å². The number of benzene rings is 1. The highest BCUT2D eigenvalue weighted by atomic mass is 127. The number of halogens is 1. The molecule has 0 saturated carbocycles. The van der Waals surface area contributed by atoms with E-state index in [4.69, 9.17) is 5.73 Å². The van der Waals surface area contributed by atoms with Gasteiger partial charge in [0.05, 0.1) is 0 Å². The third kappa shape index (κ3) is 3.26. The Kier molecular flexibility index (Phi) is 4.12. The molecule has 1 aromatic carbocycles. The van der Waals surface area contributed by atoms with Crippen LogP contribution in [-0.4, -0.2) is 4.98 Å². The van der Waals surface area contributed by atoms with Crippen LogP contribution < -0.4 is 5.73 Å². The number of hydrogen-bond donors (Lipinski definition) is 1. The molecular weight excluding hydrogens is 323 g/mol. The summed E-state index contributed by atoms with van der Waals surface area (Å²) >= 11 is 2.31. The average molecular weight is 338 g/mol. The smallest absolute Gasteiger partial charge is 0.0420 e. The van der Waals surface area contributed by atoms with E-state index in [9.17, 15) is 0 Å². The van der Waals surface area contributed by atoms with Crippen LogP contribution in [0.25, 0.3) is 0 Å². The van der Waals surface area contributed by atoms with E-state index < -0.39 is 0 Å². The minimum Gasteiger partial charge on any atom is -0.324 e. The lowest BCUT2D eigenvalue weighted by atomic mass is 9.99. The van der Waals surface area contributed by atoms with E-state index in [0.717, 1.165) is 17.7 Å². The molecule has 2 nitrogen and oxygen atoms in total. The molecule has 0 saturated heterocycles. The molecule has 1 unspecified atom stereocenters. The van der Waals surface area contributed by atoms with Crippen LogP contribution >= 0.6 is 22.6 Å². The fourth-order valence-electron chi connectivity index (χ4n) is 1.87. The Morgan fingerprint density at radius 2 is 1.94 bits per heavy atom. The zero-order valence-electron chi connectivity index (χ0n) is 9.73. The van der Waals surface area contributed by atoms with Gasteiger partial charge < -0.3 is 5.73 Å². The van der Waals surface area contributed by atoms with Gasteiger partial charge in [-0.15, -0.1) is 0 Å². The largest absolute Gasteiger partial charge is 0.324 e. The molecule has 88 valence electrons. The predicted octanol–water partition coefficient (Wildman–Crippen LogP) is 3.24. The van der Waals surface area contributed by atoms with Gasteiger partial charge in [-0.05, 0) is 65.3 Å². The maximum atomic E-state index is 6.22. The molecule has 0 spiro atoms. The number of pyridine rings is 1. The van der Waals surface area contributed by atoms with Gasteiger partial charge in [0, 0.05) is 21.5 Å². The van der Waals surface area contributed by atoms with Gasteiger partial charge in [-0.2, -0.15) is 0 Å². The Hall–Kier alpha value is -0.940. The predicted molar refractivity (Wildman–Crippen MR) is 78.8 cm³/mol. The molecular formula is C14H15IN2. The summed E-state index contributed by atoms with van der Waals surface area (Å²) in [6.07, 6.45) is 2.65. The van der Waals surface area contributed by atoms with Gasteiger partial charge in [0.25, 0.3) is 0 Å². The van der Waals surface area contributed by atoms with Gasteiger partial charge in [-0.3, -0.25) is 4.98 Å². The molecule has 3 heteroatoms. The Bertz CT molecular complexity index is 494. The van der Waals surface area contributed by atoms with Crippen LogP contribution in [-0.2, 0) is 6.42 Å². The van der Waals surface area contributed by atoms with Crippen molar-refractivity contribution >= 4 is 22.6 Å². The molecule has 0 aliphatic carbocycles. The monoisotopic (exact) mass is 338 g/mol. The van der Waals surface area contributed by atoms with Crippen molar-refractivity contribution in [2.45, 2.75) is 19.4 Å². The van der Waals surface area contributed by atoms with Crippen molar-refractivity contribution in [1.29, 1.82) is 0 Å². The number of aromatic nitrogens is 1. The number of hydrogen-bond acceptors (Lipinski definition) is 2. The fraction of sp³-hybridized carbons (Fsp3) is 0.214. The van der Waals surface area contributed by atoms with E-state index in [1.54, 1.807) is 6.20 Å². The summed E-state index contributed by atoms with van der Waals surface area (Å²) in [6.45, 7) is 2.00. The molecule has 0 aliphatic rings. The van der Waals surface area contributed by atoms with Crippen LogP contribution in [0.4, 0.5) is 0 Å². The SMILES string of the molecule is Cc1ncccc1C(N)Cc1ccc(I)cc1. The molecule has 0 radical (unpaired) electrons. The minimum absolute atomic E-state index is 0.0174. The highest BCUT2D eigenvalue weighted by molar-refractivity contribution is 14.1. The first kappa shape index (κ1) is 12.5. The van der Waals surface area contributed by atoms with E-state index in [1.165, 1.54) is 9.13 Å². The average Bonchev–Trinajstić information content (AvgIpc) is 2.32. The van der Waals surface area contributed by atoms with Gasteiger partial charge in [0.15, 0.2) is 0 Å². The first-order valence-electron chi connectivity index (χ1n) is 5.58. The van der Waals surface area contributed by atoms with E-state index in [-0.39, 0.29) is 6.04 Å². The fourth-order valence-corrected chi connectivity index (χ4v) is 2.23. The Balaban J connectivity index is 2.14. The quantitative estimate of drug-likeness (QED) is 0.873. The standard InChI is InChI=1S/C14H15IN2/c1-10-13(3-2-8-17-10)14(16)9-11-4-6-12(15)7-5-11/h2-8,14H,9,16H2,1H3. The Morgan fingerprint density at radius 3 is 2.59 bits per heavy atom. The lowest BCUT2D eigenvalue weighted by Gasteiger charge is -2.14. The maximum Gasteiger partial charge on any atom is 0.0420 e. The van der Waals surface area contributed by atoms with Crippen LogP contribution in [0.1, 0.15) is 22.9 Å². The van der Waals surface area contributed by atoms with E-state index in [1.807, 2.05) is 13.0 Å². The summed E-state index contributed by atoms with van der Waals surface area (Å²) in [5.41, 5.74) is 9.64. The molecule has 2 N–H and O–H groups in total. The topological polar surface area (TPSA) is 38.9 Å². The summed E-state index contributed by atoms with van der Waals surface area (Å²) < 4.78 is 1.25. The Labute approximate surface area is 115 Å². The number of nitrogens with zero attached hydrogens (tertiary/aromatic N) is 1. The van der Waals surface area contributed by atoms with Gasteiger partial charge in [-0.1, -0.05) is 18.2 Å². The second-order valence-corrected chi connectivity index (χ2v) is 5.36. The van der Waals surface area contributed by atoms with Crippen molar-refractivity contribution in [2.24, 2.45) is 5.73 Å². The van der Waals surface area contributed by atoms with E-state index in [0.29, 0.717) is 0 Å². The molecule has 17 heavy (non-hydrogen) atoms. The van der Waals surface area contributed by atoms with E-state index >= 15 is 0 Å². The van der Waals surface area contributed by atoms with Crippen LogP contribution in [0.5, 0.6) is 0 Å². The summed E-state index contributed by atoms with van der Waals surface area (Å²) in [4.78, 5) is 4.27. The van der Waals surface area contributed by atoms with Crippen LogP contribution in [0.15, 0.2) is 42.6 Å². The third-order valence-corrected chi connectivity index (χ3v) is 3.54. The zero-order valence-corrected chi connectivity index (χ0v) is 11.9. The first-order valence-corrected chi connectivity index (χ1v) is 6.66. The summed E-state index contributed by atoms with van der Waals surface area (Å²) in [6, 6.07) is 12.5. The number of aryl methyl sites for hydroxylation is 1. The molecule has 1 aromatic heterocycles. The van der Waals surface area contributed by atoms with Gasteiger partial charge >= 0.3 is 0 Å². The van der Waals surface area contributed by atoms with Crippen LogP contribution in [0.3, 0.4) is 0 Å². The lowest BCUT2D eigenvalue weighted by Crippen LogP contribution is -2.15. The lowest BCUT2D eigenvalue weighted by molar-refractivity contribution is 0.710. The second kappa shape index (κ2) is 5.60. The molecule has 2 rings (SSSR count). The highest BCUT2D eigenvalue weighted by Gasteiger charge is 2.09. The number of nitrogens with two attached hydrogens (primary N) is 1. The molecule has 0 amide bonds. The van der Waals surface area contributed by atoms with Crippen molar-refractivity contribution in [1.82, 2.24) is 4.98 Å². The van der Waals surface area contributed by atoms with Gasteiger partial charge in [0.2, 0.25) is 0 Å². The maximum absolute atomic E-state index is 6.22. The Morgan fingerprint density at radius 1 is 1.24 bits per heavy atom. The summed E-state index contributed by atoms with van der Waals surface area (Å²) in [5, 5.41) is 0. The van der Waals surface area contributed by atoms with Crippen molar-refractivity contribution in [3.05, 3.63) is 63.0 Å². The molecule has 0 bridgehead atoms. The van der Waals surface area contributed by atoms with Crippen molar-refractivity contribution in [3.8, 4) is 0 Å². The first-order chi connectivity index (χ1) is 8.16. The van der Waals surface area contributed by atoms with Crippen molar-refractivity contribution in [3.63, 3.8) is 0 Å². The summed E-state index contributed by atoms with van der Waals surface area (Å²) in [5.74, 6) is 0. The van der Waals surface area contributed by atoms with Gasteiger partial charge in [0.1, 0.15) is 0 Å². The molecule has 2 aromatic rings. The number of rotatable bonds is 3. The molecule has 1 atom stereocenters. The zero-order chi connectivity index (χ0) is 12.3. The molecule has 1 heterocycles. The molecule has 0 fully saturated rings. The summed E-state index contributed by atoms with van der Waals surface area (Å²) in [7, 11) is 0. The molecule has 0 aliphatic heterocycles. The van der Waals surface area contributed by atoms with Gasteiger partial charge in [-0.25, -0.2) is 0 Å². The normalized spacial score (nSPS) is 12.4. The van der Waals surface area contributed by atoms with E-state index in [2.05, 4.69) is 57.9 Å². The van der Waals surface area contributed by atoms with Crippen LogP contribution in [0.2, 0.25) is 0 Å². The third-order valence-electron chi connectivity index (χ3n) is 2.82. The minimum atomic E-state index is 0.0174. The highest BCUT2D eigenvalue weighted by Crippen LogP contribution is 2.18. The second-order valence-electron chi connectivity index (χ2n) is 4.12. The van der Waals surface area contributed by atoms with Crippen molar-refractivity contribution < 1.29 is 0 Å².